The Morgan fingerprint density at radius 2 is 1.57 bits per heavy atom. The van der Waals surface area contributed by atoms with Crippen LogP contribution in [0.1, 0.15) is 74.1 Å². The predicted molar refractivity (Wildman–Crippen MR) is 181 cm³/mol. The fourth-order valence-corrected chi connectivity index (χ4v) is 7.61. The van der Waals surface area contributed by atoms with E-state index >= 15 is 0 Å². The fourth-order valence-electron chi connectivity index (χ4n) is 7.61. The van der Waals surface area contributed by atoms with E-state index in [0.717, 1.165) is 0 Å². The molecule has 3 fully saturated rings. The Morgan fingerprint density at radius 3 is 2.22 bits per heavy atom. The maximum atomic E-state index is 13.3. The van der Waals surface area contributed by atoms with E-state index in [1.165, 1.54) is 20.3 Å². The minimum absolute atomic E-state index is 0.0925. The molecule has 4 aliphatic heterocycles. The van der Waals surface area contributed by atoms with Crippen LogP contribution in [0.25, 0.3) is 0 Å². The average Bonchev–Trinajstić information content (AvgIpc) is 3.36. The van der Waals surface area contributed by atoms with Gasteiger partial charge in [-0.05, 0) is 46.5 Å². The number of ether oxygens (including phenoxy) is 9. The van der Waals surface area contributed by atoms with Crippen LogP contribution in [0.15, 0.2) is 24.3 Å². The van der Waals surface area contributed by atoms with Crippen molar-refractivity contribution in [2.45, 2.75) is 147 Å². The summed E-state index contributed by atoms with van der Waals surface area (Å²) in [6.45, 7) is 12.8. The number of hydrogen-bond acceptors (Lipinski definition) is 14. The first-order valence-corrected chi connectivity index (χ1v) is 18.1. The summed E-state index contributed by atoms with van der Waals surface area (Å²) in [7, 11) is 2.97. The van der Waals surface area contributed by atoms with Gasteiger partial charge in [0.15, 0.2) is 18.2 Å². The summed E-state index contributed by atoms with van der Waals surface area (Å²) in [5.74, 6) is -1.77. The summed E-state index contributed by atoms with van der Waals surface area (Å²) in [5.41, 5.74) is -1.34. The van der Waals surface area contributed by atoms with E-state index in [1.54, 1.807) is 33.8 Å². The third kappa shape index (κ3) is 9.77. The number of allylic oxidation sites excluding steroid dienone is 1. The summed E-state index contributed by atoms with van der Waals surface area (Å²) >= 11 is 0. The van der Waals surface area contributed by atoms with Gasteiger partial charge in [-0.2, -0.15) is 0 Å². The quantitative estimate of drug-likeness (QED) is 0.287. The summed E-state index contributed by atoms with van der Waals surface area (Å²) < 4.78 is 52.3. The standard InChI is InChI=1S/C37H58O14/c1-19-14-15-28(39)47-23(5)26(18-45-34-32(44-9)31(43-8)29(40)24(6)48-34)12-10-11-13-27(38)20(2)16-21(3)30(19)50-35-33(41)37(17-22(4)46-35)25(7)49-36(42)51-37/h10,12,14-15,19-26,29-35,40-41H,11,13,16-18H2,1-9H3. The Balaban J connectivity index is 1.52. The van der Waals surface area contributed by atoms with Gasteiger partial charge in [-0.25, -0.2) is 9.59 Å². The SMILES string of the molecule is COC1C(OCC2C=CCCC(=O)C(C)CC(C)C(OC3OC(C)CC4(OC(=O)OC4C)C3O)C(C)C=CC(=O)OC2C)OC(C)C(O)C1OC. The van der Waals surface area contributed by atoms with Crippen molar-refractivity contribution in [2.75, 3.05) is 20.8 Å². The Labute approximate surface area is 301 Å². The van der Waals surface area contributed by atoms with Crippen LogP contribution in [-0.4, -0.2) is 122 Å². The lowest BCUT2D eigenvalue weighted by molar-refractivity contribution is -0.308. The summed E-state index contributed by atoms with van der Waals surface area (Å²) in [6.07, 6.45) is -1.15. The van der Waals surface area contributed by atoms with Crippen molar-refractivity contribution >= 4 is 17.9 Å². The molecule has 16 unspecified atom stereocenters. The normalized spacial score (nSPS) is 44.6. The van der Waals surface area contributed by atoms with Gasteiger partial charge in [0, 0.05) is 50.9 Å². The van der Waals surface area contributed by atoms with Gasteiger partial charge in [0.2, 0.25) is 0 Å². The topological polar surface area (TPSA) is 175 Å². The van der Waals surface area contributed by atoms with Gasteiger partial charge in [-0.15, -0.1) is 0 Å². The van der Waals surface area contributed by atoms with Gasteiger partial charge in [-0.1, -0.05) is 39.0 Å². The monoisotopic (exact) mass is 726 g/mol. The highest BCUT2D eigenvalue weighted by Crippen LogP contribution is 2.42. The molecule has 1 spiro atoms. The van der Waals surface area contributed by atoms with Crippen molar-refractivity contribution in [3.63, 3.8) is 0 Å². The Kier molecular flexibility index (Phi) is 14.6. The molecule has 51 heavy (non-hydrogen) atoms. The number of esters is 1. The first kappa shape index (κ1) is 41.3. The third-order valence-electron chi connectivity index (χ3n) is 10.7. The molecule has 4 rings (SSSR count). The van der Waals surface area contributed by atoms with Crippen LogP contribution in [0.3, 0.4) is 0 Å². The number of carbonyl (C=O) groups excluding carboxylic acids is 3. The Morgan fingerprint density at radius 1 is 0.863 bits per heavy atom. The van der Waals surface area contributed by atoms with Crippen molar-refractivity contribution in [1.29, 1.82) is 0 Å². The lowest BCUT2D eigenvalue weighted by atomic mass is 9.82. The van der Waals surface area contributed by atoms with Crippen molar-refractivity contribution in [1.82, 2.24) is 0 Å². The molecule has 0 amide bonds. The fraction of sp³-hybridized carbons (Fsp3) is 0.811. The van der Waals surface area contributed by atoms with E-state index in [0.29, 0.717) is 19.3 Å². The van der Waals surface area contributed by atoms with E-state index in [1.807, 2.05) is 32.9 Å². The Bertz CT molecular complexity index is 1240. The molecule has 0 saturated carbocycles. The van der Waals surface area contributed by atoms with Crippen molar-refractivity contribution in [3.8, 4) is 0 Å². The molecular weight excluding hydrogens is 668 g/mol. The first-order valence-electron chi connectivity index (χ1n) is 18.1. The van der Waals surface area contributed by atoms with Crippen molar-refractivity contribution in [3.05, 3.63) is 24.3 Å². The number of Topliss-reactive ketones (excluding diaryl/α,β-unsaturated/α-hetero) is 1. The third-order valence-corrected chi connectivity index (χ3v) is 10.7. The van der Waals surface area contributed by atoms with E-state index in [4.69, 9.17) is 42.6 Å². The molecule has 0 aliphatic carbocycles. The number of methoxy groups -OCH3 is 2. The zero-order valence-electron chi connectivity index (χ0n) is 31.3. The molecule has 4 aliphatic rings. The minimum Gasteiger partial charge on any atom is -0.459 e. The van der Waals surface area contributed by atoms with Crippen molar-refractivity contribution < 1.29 is 67.2 Å². The molecule has 16 atom stereocenters. The van der Waals surface area contributed by atoms with Gasteiger partial charge < -0.3 is 52.8 Å². The molecular formula is C37H58O14. The highest BCUT2D eigenvalue weighted by molar-refractivity contribution is 5.82. The minimum atomic E-state index is -1.35. The molecule has 14 heteroatoms. The zero-order chi connectivity index (χ0) is 37.6. The van der Waals surface area contributed by atoms with Crippen molar-refractivity contribution in [2.24, 2.45) is 23.7 Å². The number of cyclic esters (lactones) is 2. The van der Waals surface area contributed by atoms with Crippen LogP contribution >= 0.6 is 0 Å². The van der Waals surface area contributed by atoms with Gasteiger partial charge in [0.1, 0.15) is 42.4 Å². The number of carbonyl (C=O) groups is 3. The number of ketones is 1. The second-order valence-electron chi connectivity index (χ2n) is 14.6. The van der Waals surface area contributed by atoms with Gasteiger partial charge in [-0.3, -0.25) is 4.79 Å². The van der Waals surface area contributed by atoms with E-state index in [9.17, 15) is 24.6 Å². The van der Waals surface area contributed by atoms with E-state index in [2.05, 4.69) is 0 Å². The lowest BCUT2D eigenvalue weighted by Gasteiger charge is -2.46. The number of aliphatic hydroxyl groups excluding tert-OH is 2. The molecule has 4 heterocycles. The number of hydrogen-bond donors (Lipinski definition) is 2. The Hall–Kier alpha value is -2.43. The predicted octanol–water partition coefficient (Wildman–Crippen LogP) is 3.64. The molecule has 0 aromatic rings. The summed E-state index contributed by atoms with van der Waals surface area (Å²) in [4.78, 5) is 38.5. The number of aliphatic hydroxyl groups is 2. The van der Waals surface area contributed by atoms with E-state index in [-0.39, 0.29) is 36.6 Å². The second kappa shape index (κ2) is 18.1. The zero-order valence-corrected chi connectivity index (χ0v) is 31.3. The second-order valence-corrected chi connectivity index (χ2v) is 14.6. The molecule has 0 aromatic heterocycles. The molecule has 0 aromatic carbocycles. The van der Waals surface area contributed by atoms with Crippen LogP contribution in [-0.2, 0) is 52.2 Å². The van der Waals surface area contributed by atoms with Gasteiger partial charge in [0.25, 0.3) is 0 Å². The highest BCUT2D eigenvalue weighted by Gasteiger charge is 2.61. The molecule has 0 bridgehead atoms. The molecule has 2 N–H and O–H groups in total. The largest absolute Gasteiger partial charge is 0.509 e. The molecule has 3 saturated heterocycles. The maximum Gasteiger partial charge on any atom is 0.509 e. The van der Waals surface area contributed by atoms with Crippen LogP contribution < -0.4 is 0 Å². The van der Waals surface area contributed by atoms with Crippen LogP contribution in [0, 0.1) is 23.7 Å². The van der Waals surface area contributed by atoms with Gasteiger partial charge in [0.05, 0.1) is 24.9 Å². The average molecular weight is 727 g/mol. The molecule has 14 nitrogen and oxygen atoms in total. The lowest BCUT2D eigenvalue weighted by Crippen LogP contribution is -2.62. The summed E-state index contributed by atoms with van der Waals surface area (Å²) in [5, 5.41) is 22.0. The van der Waals surface area contributed by atoms with Crippen LogP contribution in [0.2, 0.25) is 0 Å². The first-order chi connectivity index (χ1) is 24.1. The smallest absolute Gasteiger partial charge is 0.459 e. The molecule has 290 valence electrons. The highest BCUT2D eigenvalue weighted by atomic mass is 16.8. The molecule has 0 radical (unpaired) electrons. The van der Waals surface area contributed by atoms with Crippen LogP contribution in [0.4, 0.5) is 4.79 Å². The number of rotatable bonds is 7. The van der Waals surface area contributed by atoms with E-state index < -0.39 is 91.2 Å². The maximum absolute atomic E-state index is 13.3. The van der Waals surface area contributed by atoms with Gasteiger partial charge >= 0.3 is 12.1 Å². The van der Waals surface area contributed by atoms with Crippen LogP contribution in [0.5, 0.6) is 0 Å². The summed E-state index contributed by atoms with van der Waals surface area (Å²) in [6, 6.07) is 0.